The van der Waals surface area contributed by atoms with Gasteiger partial charge in [-0.25, -0.2) is 18.7 Å². The van der Waals surface area contributed by atoms with Gasteiger partial charge >= 0.3 is 5.97 Å². The van der Waals surface area contributed by atoms with Gasteiger partial charge < -0.3 is 24.7 Å². The number of anilines is 1. The third-order valence-electron chi connectivity index (χ3n) is 5.71. The molecule has 4 aromatic rings. The van der Waals surface area contributed by atoms with Crippen LogP contribution in [-0.4, -0.2) is 45.6 Å². The van der Waals surface area contributed by atoms with Crippen LogP contribution in [0.1, 0.15) is 17.0 Å². The summed E-state index contributed by atoms with van der Waals surface area (Å²) >= 11 is 0. The van der Waals surface area contributed by atoms with Crippen molar-refractivity contribution < 1.29 is 32.9 Å². The van der Waals surface area contributed by atoms with Gasteiger partial charge in [-0.2, -0.15) is 0 Å². The highest BCUT2D eigenvalue weighted by Crippen LogP contribution is 2.23. The molecule has 4 rings (SSSR count). The molecule has 3 N–H and O–H groups in total. The lowest BCUT2D eigenvalue weighted by Crippen LogP contribution is -2.43. The molecule has 1 atom stereocenters. The van der Waals surface area contributed by atoms with Crippen molar-refractivity contribution in [2.45, 2.75) is 26.2 Å². The third kappa shape index (κ3) is 7.15. The number of nitrogens with one attached hydrogen (secondary N) is 1. The van der Waals surface area contributed by atoms with E-state index in [9.17, 15) is 23.8 Å². The van der Waals surface area contributed by atoms with E-state index in [1.54, 1.807) is 24.3 Å². The van der Waals surface area contributed by atoms with Crippen LogP contribution < -0.4 is 10.1 Å². The number of hydrogen-bond donors (Lipinski definition) is 3. The van der Waals surface area contributed by atoms with Gasteiger partial charge in [0.2, 0.25) is 5.89 Å². The summed E-state index contributed by atoms with van der Waals surface area (Å²) in [5.41, 5.74) is 2.17. The van der Waals surface area contributed by atoms with Crippen LogP contribution >= 0.6 is 0 Å². The highest BCUT2D eigenvalue weighted by atomic mass is 19.1. The molecule has 1 aromatic heterocycles. The van der Waals surface area contributed by atoms with Crippen LogP contribution in [0, 0.1) is 18.6 Å². The molecular formula is C28H27F2N3O5. The normalized spacial score (nSPS) is 11.9. The van der Waals surface area contributed by atoms with Crippen molar-refractivity contribution in [1.82, 2.24) is 9.88 Å². The van der Waals surface area contributed by atoms with E-state index < -0.39 is 30.5 Å². The molecule has 38 heavy (non-hydrogen) atoms. The van der Waals surface area contributed by atoms with Crippen molar-refractivity contribution >= 4 is 11.7 Å². The molecule has 1 unspecified atom stereocenters. The van der Waals surface area contributed by atoms with Crippen LogP contribution in [0.15, 0.2) is 77.2 Å². The molecule has 0 saturated carbocycles. The van der Waals surface area contributed by atoms with E-state index in [-0.39, 0.29) is 12.2 Å². The van der Waals surface area contributed by atoms with E-state index >= 15 is 0 Å². The third-order valence-corrected chi connectivity index (χ3v) is 5.71. The largest absolute Gasteiger partial charge is 0.493 e. The van der Waals surface area contributed by atoms with Crippen LogP contribution in [0.5, 0.6) is 5.75 Å². The second kappa shape index (κ2) is 12.3. The Labute approximate surface area is 218 Å². The number of aromatic nitrogens is 1. The maximum absolute atomic E-state index is 14.0. The standard InChI is InChI=1S/C28H27F2N3O5/c1-18-24(31-27(38-18)20-7-3-2-4-8-20)12-13-37-22-9-5-6-19(14-22)16-33(17-26(34)35)28(36)32-25-11-10-21(29)15-23(25)30/h2-11,14-15,28,32,36H,12-13,16-17H2,1H3,(H,34,35). The van der Waals surface area contributed by atoms with Gasteiger partial charge in [0.1, 0.15) is 29.7 Å². The van der Waals surface area contributed by atoms with Gasteiger partial charge in [0.15, 0.2) is 6.35 Å². The Morgan fingerprint density at radius 1 is 1.11 bits per heavy atom. The SMILES string of the molecule is Cc1oc(-c2ccccc2)nc1CCOc1cccc(CN(CC(=O)O)C(O)Nc2ccc(F)cc2F)c1. The fourth-order valence-corrected chi connectivity index (χ4v) is 3.84. The zero-order valence-corrected chi connectivity index (χ0v) is 20.6. The number of carboxylic acids is 1. The van der Waals surface area contributed by atoms with Crippen molar-refractivity contribution in [3.8, 4) is 17.2 Å². The minimum Gasteiger partial charge on any atom is -0.493 e. The van der Waals surface area contributed by atoms with Crippen molar-refractivity contribution in [3.05, 3.63) is 101 Å². The van der Waals surface area contributed by atoms with E-state index in [0.29, 0.717) is 42.1 Å². The number of carbonyl (C=O) groups is 1. The second-order valence-corrected chi connectivity index (χ2v) is 8.57. The Morgan fingerprint density at radius 2 is 1.89 bits per heavy atom. The molecule has 8 nitrogen and oxygen atoms in total. The molecule has 10 heteroatoms. The number of aliphatic hydroxyl groups excluding tert-OH is 1. The number of aliphatic carboxylic acids is 1. The van der Waals surface area contributed by atoms with Crippen LogP contribution in [0.4, 0.5) is 14.5 Å². The van der Waals surface area contributed by atoms with E-state index in [4.69, 9.17) is 9.15 Å². The summed E-state index contributed by atoms with van der Waals surface area (Å²) in [5, 5.41) is 22.3. The van der Waals surface area contributed by atoms with Crippen LogP contribution in [0.25, 0.3) is 11.5 Å². The molecule has 0 aliphatic rings. The molecule has 0 spiro atoms. The number of benzene rings is 3. The van der Waals surface area contributed by atoms with Gasteiger partial charge in [-0.15, -0.1) is 0 Å². The summed E-state index contributed by atoms with van der Waals surface area (Å²) in [4.78, 5) is 17.1. The Balaban J connectivity index is 1.38. The summed E-state index contributed by atoms with van der Waals surface area (Å²) in [5.74, 6) is -1.05. The molecule has 1 heterocycles. The lowest BCUT2D eigenvalue weighted by molar-refractivity contribution is -0.141. The van der Waals surface area contributed by atoms with Gasteiger partial charge in [-0.3, -0.25) is 4.79 Å². The maximum Gasteiger partial charge on any atom is 0.317 e. The smallest absolute Gasteiger partial charge is 0.317 e. The average Bonchev–Trinajstić information content (AvgIpc) is 3.26. The number of aliphatic hydroxyl groups is 1. The van der Waals surface area contributed by atoms with E-state index in [2.05, 4.69) is 10.3 Å². The molecule has 0 saturated heterocycles. The summed E-state index contributed by atoms with van der Waals surface area (Å²) in [6, 6.07) is 19.4. The van der Waals surface area contributed by atoms with Gasteiger partial charge in [-0.05, 0) is 48.9 Å². The van der Waals surface area contributed by atoms with Crippen LogP contribution in [-0.2, 0) is 17.8 Å². The summed E-state index contributed by atoms with van der Waals surface area (Å²) in [7, 11) is 0. The average molecular weight is 524 g/mol. The van der Waals surface area contributed by atoms with Crippen molar-refractivity contribution in [2.75, 3.05) is 18.5 Å². The van der Waals surface area contributed by atoms with E-state index in [0.717, 1.165) is 23.4 Å². The molecule has 0 bridgehead atoms. The Morgan fingerprint density at radius 3 is 2.63 bits per heavy atom. The molecule has 0 radical (unpaired) electrons. The van der Waals surface area contributed by atoms with Crippen LogP contribution in [0.3, 0.4) is 0 Å². The zero-order chi connectivity index (χ0) is 27.1. The second-order valence-electron chi connectivity index (χ2n) is 8.57. The highest BCUT2D eigenvalue weighted by Gasteiger charge is 2.20. The number of aryl methyl sites for hydroxylation is 1. The predicted molar refractivity (Wildman–Crippen MR) is 136 cm³/mol. The van der Waals surface area contributed by atoms with Gasteiger partial charge in [-0.1, -0.05) is 30.3 Å². The zero-order valence-electron chi connectivity index (χ0n) is 20.6. The van der Waals surface area contributed by atoms with Crippen LogP contribution in [0.2, 0.25) is 0 Å². The topological polar surface area (TPSA) is 108 Å². The monoisotopic (exact) mass is 523 g/mol. The summed E-state index contributed by atoms with van der Waals surface area (Å²) in [6.45, 7) is 1.67. The molecule has 198 valence electrons. The number of oxazole rings is 1. The van der Waals surface area contributed by atoms with Crippen molar-refractivity contribution in [3.63, 3.8) is 0 Å². The molecule has 0 aliphatic heterocycles. The Kier molecular flexibility index (Phi) is 8.67. The molecule has 3 aromatic carbocycles. The Hall–Kier alpha value is -4.28. The number of ether oxygens (including phenoxy) is 1. The first kappa shape index (κ1) is 26.8. The van der Waals surface area contributed by atoms with Crippen molar-refractivity contribution in [2.24, 2.45) is 0 Å². The lowest BCUT2D eigenvalue weighted by atomic mass is 10.2. The molecule has 0 fully saturated rings. The number of halogens is 2. The lowest BCUT2D eigenvalue weighted by Gasteiger charge is -2.27. The van der Waals surface area contributed by atoms with Gasteiger partial charge in [0.05, 0.1) is 18.0 Å². The maximum atomic E-state index is 14.0. The number of nitrogens with zero attached hydrogens (tertiary/aromatic N) is 2. The fraction of sp³-hybridized carbons (Fsp3) is 0.214. The minimum atomic E-state index is -1.55. The molecule has 0 aliphatic carbocycles. The first-order chi connectivity index (χ1) is 18.3. The quantitative estimate of drug-likeness (QED) is 0.227. The minimum absolute atomic E-state index is 0.0172. The van der Waals surface area contributed by atoms with Crippen molar-refractivity contribution in [1.29, 1.82) is 0 Å². The van der Waals surface area contributed by atoms with Gasteiger partial charge in [0.25, 0.3) is 0 Å². The predicted octanol–water partition coefficient (Wildman–Crippen LogP) is 4.82. The number of hydrogen-bond acceptors (Lipinski definition) is 7. The van der Waals surface area contributed by atoms with E-state index in [1.165, 1.54) is 4.90 Å². The Bertz CT molecular complexity index is 1380. The van der Waals surface area contributed by atoms with Gasteiger partial charge in [0, 0.05) is 24.6 Å². The number of carboxylic acid groups (broad SMARTS) is 1. The molecular weight excluding hydrogens is 496 g/mol. The number of rotatable bonds is 12. The summed E-state index contributed by atoms with van der Waals surface area (Å²) in [6.07, 6.45) is -1.03. The first-order valence-electron chi connectivity index (χ1n) is 11.9. The summed E-state index contributed by atoms with van der Waals surface area (Å²) < 4.78 is 38.8. The van der Waals surface area contributed by atoms with E-state index in [1.807, 2.05) is 37.3 Å². The highest BCUT2D eigenvalue weighted by molar-refractivity contribution is 5.69. The molecule has 0 amide bonds. The first-order valence-corrected chi connectivity index (χ1v) is 11.9. The fourth-order valence-electron chi connectivity index (χ4n) is 3.84.